The molecular formula is C6H15O13P2+. The Kier molecular flexibility index (Phi) is 6.03. The Morgan fingerprint density at radius 1 is 1.19 bits per heavy atom. The summed E-state index contributed by atoms with van der Waals surface area (Å²) in [6.07, 6.45) is -5.37. The number of hydrogen-bond donors (Lipinski definition) is 8. The lowest BCUT2D eigenvalue weighted by Crippen LogP contribution is -2.46. The van der Waals surface area contributed by atoms with E-state index in [1.54, 1.807) is 0 Å². The second-order valence-electron chi connectivity index (χ2n) is 4.07. The van der Waals surface area contributed by atoms with E-state index in [4.69, 9.17) is 29.6 Å². The van der Waals surface area contributed by atoms with Crippen LogP contribution >= 0.6 is 15.6 Å². The van der Waals surface area contributed by atoms with Crippen molar-refractivity contribution in [3.8, 4) is 0 Å². The van der Waals surface area contributed by atoms with E-state index in [0.29, 0.717) is 0 Å². The van der Waals surface area contributed by atoms with Crippen molar-refractivity contribution in [3.05, 3.63) is 0 Å². The number of phosphoric ester groups is 1. The topological polar surface area (TPSA) is 218 Å². The molecule has 1 aliphatic rings. The van der Waals surface area contributed by atoms with Crippen LogP contribution in [0.2, 0.25) is 0 Å². The zero-order valence-electron chi connectivity index (χ0n) is 10.2. The molecule has 13 nitrogen and oxygen atoms in total. The van der Waals surface area contributed by atoms with Crippen LogP contribution in [-0.4, -0.2) is 77.5 Å². The van der Waals surface area contributed by atoms with Crippen LogP contribution in [0.3, 0.4) is 0 Å². The third-order valence-electron chi connectivity index (χ3n) is 2.47. The molecule has 1 aliphatic heterocycles. The Bertz CT molecular complexity index is 454. The van der Waals surface area contributed by atoms with Crippen LogP contribution in [0, 0.1) is 0 Å². The predicted molar refractivity (Wildman–Crippen MR) is 60.5 cm³/mol. The normalized spacial score (nSPS) is 34.2. The van der Waals surface area contributed by atoms with Gasteiger partial charge in [0.15, 0.2) is 0 Å². The molecule has 126 valence electrons. The van der Waals surface area contributed by atoms with Gasteiger partial charge in [-0.25, -0.2) is 9.09 Å². The SMILES string of the molecule is O=P(O)(O)OC[C@@]1(O)O[C@H](COP(O)(O)=[O+]O)[C@@H](O)[C@@H]1O. The molecule has 0 aliphatic carbocycles. The van der Waals surface area contributed by atoms with Crippen molar-refractivity contribution in [3.63, 3.8) is 0 Å². The number of phosphoric acid groups is 1. The second kappa shape index (κ2) is 6.64. The van der Waals surface area contributed by atoms with E-state index in [-0.39, 0.29) is 0 Å². The highest BCUT2D eigenvalue weighted by molar-refractivity contribution is 7.46. The lowest BCUT2D eigenvalue weighted by molar-refractivity contribution is -0.309. The number of aliphatic hydroxyl groups is 3. The summed E-state index contributed by atoms with van der Waals surface area (Å²) in [6.45, 7) is -2.02. The molecule has 0 bridgehead atoms. The van der Waals surface area contributed by atoms with E-state index in [0.717, 1.165) is 0 Å². The lowest BCUT2D eigenvalue weighted by atomic mass is 10.1. The lowest BCUT2D eigenvalue weighted by Gasteiger charge is -2.25. The van der Waals surface area contributed by atoms with Gasteiger partial charge in [-0.2, -0.15) is 0 Å². The monoisotopic (exact) mass is 357 g/mol. The van der Waals surface area contributed by atoms with Crippen LogP contribution in [0.4, 0.5) is 0 Å². The van der Waals surface area contributed by atoms with Crippen molar-refractivity contribution in [1.82, 2.24) is 0 Å². The average molecular weight is 357 g/mol. The van der Waals surface area contributed by atoms with Crippen molar-refractivity contribution >= 4 is 15.6 Å². The van der Waals surface area contributed by atoms with Gasteiger partial charge in [-0.3, -0.25) is 14.3 Å². The van der Waals surface area contributed by atoms with Gasteiger partial charge in [0.1, 0.15) is 24.9 Å². The summed E-state index contributed by atoms with van der Waals surface area (Å²) >= 11 is 0. The Morgan fingerprint density at radius 2 is 1.76 bits per heavy atom. The molecule has 1 heterocycles. The fourth-order valence-corrected chi connectivity index (χ4v) is 2.24. The van der Waals surface area contributed by atoms with E-state index in [2.05, 4.69) is 13.4 Å². The Labute approximate surface area is 117 Å². The Morgan fingerprint density at radius 3 is 2.24 bits per heavy atom. The predicted octanol–water partition coefficient (Wildman–Crippen LogP) is -2.98. The van der Waals surface area contributed by atoms with E-state index < -0.39 is 53.0 Å². The molecular weight excluding hydrogens is 342 g/mol. The molecule has 0 aromatic heterocycles. The van der Waals surface area contributed by atoms with Crippen molar-refractivity contribution in [2.75, 3.05) is 13.2 Å². The van der Waals surface area contributed by atoms with E-state index in [1.165, 1.54) is 0 Å². The quantitative estimate of drug-likeness (QED) is 0.103. The first kappa shape index (κ1) is 19.1. The minimum Gasteiger partial charge on any atom is -0.387 e. The van der Waals surface area contributed by atoms with Crippen LogP contribution in [0.5, 0.6) is 0 Å². The zero-order valence-corrected chi connectivity index (χ0v) is 11.9. The van der Waals surface area contributed by atoms with Crippen LogP contribution in [0.25, 0.3) is 0 Å². The first-order valence-electron chi connectivity index (χ1n) is 5.19. The van der Waals surface area contributed by atoms with Gasteiger partial charge < -0.3 is 29.8 Å². The van der Waals surface area contributed by atoms with Gasteiger partial charge in [-0.1, -0.05) is 0 Å². The standard InChI is InChI=1S/C6H14O13P2/c7-4-3(1-16-21(14,15)19-10)18-6(9,5(4)8)2-17-20(11,12)13/h3-5,7-10H,1-2H2,(H3-,11,12,13,14,15)/p+1/t3-,4-,5+,6-/m1/s1. The highest BCUT2D eigenvalue weighted by atomic mass is 31.2. The molecule has 0 aromatic rings. The zero-order chi connectivity index (χ0) is 16.5. The fraction of sp³-hybridized carbons (Fsp3) is 1.00. The highest BCUT2D eigenvalue weighted by Gasteiger charge is 2.55. The van der Waals surface area contributed by atoms with Crippen molar-refractivity contribution in [1.29, 1.82) is 0 Å². The molecule has 8 N–H and O–H groups in total. The van der Waals surface area contributed by atoms with Crippen LogP contribution in [0.15, 0.2) is 0 Å². The molecule has 15 heteroatoms. The number of aliphatic hydroxyl groups excluding tert-OH is 2. The summed E-state index contributed by atoms with van der Waals surface area (Å²) in [5, 5.41) is 37.0. The maximum absolute atomic E-state index is 10.5. The smallest absolute Gasteiger partial charge is 0.387 e. The maximum atomic E-state index is 10.5. The second-order valence-corrected chi connectivity index (χ2v) is 6.71. The van der Waals surface area contributed by atoms with Gasteiger partial charge in [0.25, 0.3) is 0 Å². The summed E-state index contributed by atoms with van der Waals surface area (Å²) in [7, 11) is -9.53. The molecule has 0 amide bonds. The number of ether oxygens (including phenoxy) is 1. The van der Waals surface area contributed by atoms with E-state index in [9.17, 15) is 19.9 Å². The van der Waals surface area contributed by atoms with Crippen LogP contribution in [0.1, 0.15) is 0 Å². The van der Waals surface area contributed by atoms with Gasteiger partial charge >= 0.3 is 15.6 Å². The molecule has 0 spiro atoms. The summed E-state index contributed by atoms with van der Waals surface area (Å²) < 4.78 is 26.7. The number of hydrogen-bond acceptors (Lipinski definition) is 7. The van der Waals surface area contributed by atoms with Gasteiger partial charge in [-0.05, 0) is 0 Å². The minimum absolute atomic E-state index is 0.836. The van der Waals surface area contributed by atoms with Gasteiger partial charge in [0, 0.05) is 9.60 Å². The first-order chi connectivity index (χ1) is 9.40. The molecule has 1 rings (SSSR count). The first-order valence-corrected chi connectivity index (χ1v) is 8.25. The van der Waals surface area contributed by atoms with E-state index >= 15 is 0 Å². The summed E-state index contributed by atoms with van der Waals surface area (Å²) in [6, 6.07) is 0. The molecule has 4 atom stereocenters. The van der Waals surface area contributed by atoms with Gasteiger partial charge in [0.2, 0.25) is 5.79 Å². The molecule has 1 fully saturated rings. The Hall–Kier alpha value is 0.0200. The summed E-state index contributed by atoms with van der Waals surface area (Å²) in [4.78, 5) is 34.7. The molecule has 0 unspecified atom stereocenters. The minimum atomic E-state index is -4.97. The van der Waals surface area contributed by atoms with Gasteiger partial charge in [0.05, 0.1) is 6.61 Å². The third kappa shape index (κ3) is 5.30. The largest absolute Gasteiger partial charge is 0.720 e. The maximum Gasteiger partial charge on any atom is 0.720 e. The molecule has 0 aromatic carbocycles. The van der Waals surface area contributed by atoms with E-state index in [1.807, 2.05) is 0 Å². The fourth-order valence-electron chi connectivity index (χ4n) is 1.49. The average Bonchev–Trinajstić information content (AvgIpc) is 2.59. The molecule has 0 saturated carbocycles. The molecule has 0 radical (unpaired) electrons. The van der Waals surface area contributed by atoms with Crippen molar-refractivity contribution in [2.24, 2.45) is 0 Å². The van der Waals surface area contributed by atoms with Gasteiger partial charge in [-0.15, -0.1) is 0 Å². The highest BCUT2D eigenvalue weighted by Crippen LogP contribution is 2.42. The molecule has 1 saturated heterocycles. The summed E-state index contributed by atoms with van der Waals surface area (Å²) in [5.41, 5.74) is 0. The third-order valence-corrected chi connectivity index (χ3v) is 3.64. The number of rotatable bonds is 6. The van der Waals surface area contributed by atoms with Crippen molar-refractivity contribution in [2.45, 2.75) is 24.1 Å². The molecule has 21 heavy (non-hydrogen) atoms. The Balaban J connectivity index is 2.70. The summed E-state index contributed by atoms with van der Waals surface area (Å²) in [5.74, 6) is -2.67. The van der Waals surface area contributed by atoms with Crippen LogP contribution < -0.4 is 0 Å². The van der Waals surface area contributed by atoms with Crippen LogP contribution in [-0.2, 0) is 22.7 Å². The van der Waals surface area contributed by atoms with Crippen molar-refractivity contribution < 1.29 is 62.8 Å².